The molecule has 2 rings (SSSR count). The van der Waals surface area contributed by atoms with Crippen LogP contribution in [0.5, 0.6) is 0 Å². The molecule has 0 bridgehead atoms. The monoisotopic (exact) mass is 391 g/mol. The number of halogens is 1. The van der Waals surface area contributed by atoms with Gasteiger partial charge >= 0.3 is 0 Å². The second-order valence-electron chi connectivity index (χ2n) is 5.60. The summed E-state index contributed by atoms with van der Waals surface area (Å²) in [5.74, 6) is 2.08. The largest absolute Gasteiger partial charge is 0.326 e. The predicted octanol–water partition coefficient (Wildman–Crippen LogP) is 5.72. The van der Waals surface area contributed by atoms with Gasteiger partial charge in [0, 0.05) is 22.3 Å². The van der Waals surface area contributed by atoms with E-state index in [0.717, 1.165) is 39.2 Å². The van der Waals surface area contributed by atoms with Gasteiger partial charge in [0.2, 0.25) is 5.91 Å². The quantitative estimate of drug-likeness (QED) is 0.611. The molecule has 0 fully saturated rings. The van der Waals surface area contributed by atoms with Crippen LogP contribution in [0.4, 0.5) is 5.69 Å². The fraction of sp³-hybridized carbons (Fsp3) is 0.316. The molecule has 0 aliphatic carbocycles. The van der Waals surface area contributed by atoms with Crippen LogP contribution in [0, 0.1) is 13.8 Å². The minimum Gasteiger partial charge on any atom is -0.326 e. The third kappa shape index (κ3) is 6.04. The topological polar surface area (TPSA) is 29.1 Å². The highest BCUT2D eigenvalue weighted by Gasteiger charge is 2.07. The average molecular weight is 392 g/mol. The molecule has 1 amide bonds. The van der Waals surface area contributed by atoms with Crippen LogP contribution in [0.1, 0.15) is 29.5 Å². The molecule has 0 spiro atoms. The van der Waals surface area contributed by atoms with Crippen molar-refractivity contribution in [3.8, 4) is 0 Å². The van der Waals surface area contributed by atoms with Gasteiger partial charge in [-0.3, -0.25) is 4.79 Å². The number of para-hydroxylation sites is 1. The summed E-state index contributed by atoms with van der Waals surface area (Å²) in [7, 11) is 0. The Morgan fingerprint density at radius 2 is 1.83 bits per heavy atom. The van der Waals surface area contributed by atoms with Gasteiger partial charge < -0.3 is 5.32 Å². The number of benzene rings is 2. The molecule has 1 N–H and O–H groups in total. The van der Waals surface area contributed by atoms with Gasteiger partial charge in [0.15, 0.2) is 0 Å². The molecule has 2 aromatic carbocycles. The van der Waals surface area contributed by atoms with E-state index in [1.165, 1.54) is 5.56 Å². The van der Waals surface area contributed by atoms with Crippen molar-refractivity contribution in [3.63, 3.8) is 0 Å². The molecule has 2 nitrogen and oxygen atoms in total. The van der Waals surface area contributed by atoms with E-state index in [9.17, 15) is 4.79 Å². The molecule has 0 aliphatic rings. The molecule has 122 valence electrons. The minimum atomic E-state index is 0.102. The van der Waals surface area contributed by atoms with Gasteiger partial charge in [-0.05, 0) is 54.8 Å². The highest BCUT2D eigenvalue weighted by Crippen LogP contribution is 2.20. The maximum Gasteiger partial charge on any atom is 0.224 e. The van der Waals surface area contributed by atoms with Crippen molar-refractivity contribution in [1.82, 2.24) is 0 Å². The number of hydrogen-bond acceptors (Lipinski definition) is 2. The molecular formula is C19H22BrNOS. The van der Waals surface area contributed by atoms with Gasteiger partial charge in [-0.1, -0.05) is 46.3 Å². The van der Waals surface area contributed by atoms with Crippen LogP contribution in [0.15, 0.2) is 46.9 Å². The number of amides is 1. The van der Waals surface area contributed by atoms with Crippen LogP contribution in [0.3, 0.4) is 0 Å². The summed E-state index contributed by atoms with van der Waals surface area (Å²) in [6, 6.07) is 14.4. The third-order valence-corrected chi connectivity index (χ3v) is 5.20. The number of anilines is 1. The number of nitrogens with one attached hydrogen (secondary N) is 1. The second kappa shape index (κ2) is 9.14. The van der Waals surface area contributed by atoms with E-state index < -0.39 is 0 Å². The summed E-state index contributed by atoms with van der Waals surface area (Å²) < 4.78 is 1.11. The number of thioether (sulfide) groups is 1. The summed E-state index contributed by atoms with van der Waals surface area (Å²) in [5.41, 5.74) is 4.49. The van der Waals surface area contributed by atoms with Gasteiger partial charge in [-0.2, -0.15) is 11.8 Å². The smallest absolute Gasteiger partial charge is 0.224 e. The molecular weight excluding hydrogens is 370 g/mol. The van der Waals surface area contributed by atoms with E-state index in [2.05, 4.69) is 39.4 Å². The van der Waals surface area contributed by atoms with Crippen molar-refractivity contribution >= 4 is 39.3 Å². The minimum absolute atomic E-state index is 0.102. The summed E-state index contributed by atoms with van der Waals surface area (Å²) in [6.45, 7) is 4.05. The van der Waals surface area contributed by atoms with Gasteiger partial charge in [-0.15, -0.1) is 0 Å². The van der Waals surface area contributed by atoms with Crippen LogP contribution in [0.2, 0.25) is 0 Å². The lowest BCUT2D eigenvalue weighted by Gasteiger charge is -2.11. The van der Waals surface area contributed by atoms with E-state index >= 15 is 0 Å². The molecule has 0 heterocycles. The second-order valence-corrected chi connectivity index (χ2v) is 7.62. The van der Waals surface area contributed by atoms with Crippen molar-refractivity contribution in [1.29, 1.82) is 0 Å². The Hall–Kier alpha value is -1.26. The van der Waals surface area contributed by atoms with E-state index in [0.29, 0.717) is 6.42 Å². The lowest BCUT2D eigenvalue weighted by Crippen LogP contribution is -2.13. The van der Waals surface area contributed by atoms with E-state index in [4.69, 9.17) is 0 Å². The van der Waals surface area contributed by atoms with Crippen LogP contribution >= 0.6 is 27.7 Å². The molecule has 0 saturated carbocycles. The van der Waals surface area contributed by atoms with Gasteiger partial charge in [-0.25, -0.2) is 0 Å². The Labute approximate surface area is 151 Å². The Balaban J connectivity index is 1.69. The molecule has 2 aromatic rings. The van der Waals surface area contributed by atoms with Crippen LogP contribution < -0.4 is 5.32 Å². The maximum absolute atomic E-state index is 12.1. The van der Waals surface area contributed by atoms with E-state index in [-0.39, 0.29) is 5.91 Å². The molecule has 0 unspecified atom stereocenters. The van der Waals surface area contributed by atoms with E-state index in [1.807, 2.05) is 49.9 Å². The van der Waals surface area contributed by atoms with Gasteiger partial charge in [0.05, 0.1) is 0 Å². The summed E-state index contributed by atoms with van der Waals surface area (Å²) in [6.07, 6.45) is 1.47. The number of rotatable bonds is 7. The Morgan fingerprint density at radius 1 is 1.13 bits per heavy atom. The lowest BCUT2D eigenvalue weighted by atomic mass is 10.1. The summed E-state index contributed by atoms with van der Waals surface area (Å²) >= 11 is 5.35. The zero-order chi connectivity index (χ0) is 16.7. The zero-order valence-electron chi connectivity index (χ0n) is 13.6. The molecule has 0 saturated heterocycles. The molecule has 0 aliphatic heterocycles. The van der Waals surface area contributed by atoms with E-state index in [1.54, 1.807) is 0 Å². The van der Waals surface area contributed by atoms with Crippen LogP contribution in [0.25, 0.3) is 0 Å². The van der Waals surface area contributed by atoms with Crippen molar-refractivity contribution in [2.45, 2.75) is 32.4 Å². The Kier molecular flexibility index (Phi) is 7.18. The maximum atomic E-state index is 12.1. The number of carbonyl (C=O) groups excluding carboxylic acids is 1. The first-order valence-electron chi connectivity index (χ1n) is 7.74. The molecule has 0 radical (unpaired) electrons. The zero-order valence-corrected chi connectivity index (χ0v) is 16.0. The summed E-state index contributed by atoms with van der Waals surface area (Å²) in [5, 5.41) is 3.04. The first-order chi connectivity index (χ1) is 11.1. The standard InChI is InChI=1S/C19H22BrNOS/c1-14-6-3-7-15(2)19(14)21-18(22)10-5-11-23-13-16-8-4-9-17(20)12-16/h3-4,6-9,12H,5,10-11,13H2,1-2H3,(H,21,22). The third-order valence-electron chi connectivity index (χ3n) is 3.60. The van der Waals surface area contributed by atoms with Crippen molar-refractivity contribution in [3.05, 3.63) is 63.6 Å². The van der Waals surface area contributed by atoms with Crippen LogP contribution in [-0.4, -0.2) is 11.7 Å². The Bertz CT molecular complexity index is 652. The average Bonchev–Trinajstić information content (AvgIpc) is 2.51. The van der Waals surface area contributed by atoms with Crippen molar-refractivity contribution < 1.29 is 4.79 Å². The number of hydrogen-bond donors (Lipinski definition) is 1. The highest BCUT2D eigenvalue weighted by atomic mass is 79.9. The first kappa shape index (κ1) is 18.1. The number of carbonyl (C=O) groups is 1. The fourth-order valence-electron chi connectivity index (χ4n) is 2.37. The Morgan fingerprint density at radius 3 is 2.52 bits per heavy atom. The first-order valence-corrected chi connectivity index (χ1v) is 9.69. The molecule has 4 heteroatoms. The van der Waals surface area contributed by atoms with Gasteiger partial charge in [0.1, 0.15) is 0 Å². The molecule has 0 aromatic heterocycles. The molecule has 0 atom stereocenters. The fourth-order valence-corrected chi connectivity index (χ4v) is 3.72. The predicted molar refractivity (Wildman–Crippen MR) is 104 cm³/mol. The normalized spacial score (nSPS) is 10.6. The lowest BCUT2D eigenvalue weighted by molar-refractivity contribution is -0.116. The number of aryl methyl sites for hydroxylation is 2. The highest BCUT2D eigenvalue weighted by molar-refractivity contribution is 9.10. The van der Waals surface area contributed by atoms with Crippen molar-refractivity contribution in [2.24, 2.45) is 0 Å². The van der Waals surface area contributed by atoms with Crippen molar-refractivity contribution in [2.75, 3.05) is 11.1 Å². The SMILES string of the molecule is Cc1cccc(C)c1NC(=O)CCCSCc1cccc(Br)c1. The van der Waals surface area contributed by atoms with Gasteiger partial charge in [0.25, 0.3) is 0 Å². The molecule has 23 heavy (non-hydrogen) atoms. The summed E-state index contributed by atoms with van der Waals surface area (Å²) in [4.78, 5) is 12.1. The van der Waals surface area contributed by atoms with Crippen LogP contribution in [-0.2, 0) is 10.5 Å².